The zero-order valence-corrected chi connectivity index (χ0v) is 10.2. The van der Waals surface area contributed by atoms with Crippen molar-refractivity contribution in [1.82, 2.24) is 5.32 Å². The largest absolute Gasteiger partial charge is 0.480 e. The summed E-state index contributed by atoms with van der Waals surface area (Å²) in [6, 6.07) is -1.17. The highest BCUT2D eigenvalue weighted by Crippen LogP contribution is 2.47. The van der Waals surface area contributed by atoms with Gasteiger partial charge in [0.2, 0.25) is 5.91 Å². The van der Waals surface area contributed by atoms with Crippen molar-refractivity contribution >= 4 is 11.9 Å². The van der Waals surface area contributed by atoms with Crippen LogP contribution in [0, 0.1) is 17.8 Å². The second-order valence-electron chi connectivity index (χ2n) is 5.35. The lowest BCUT2D eigenvalue weighted by Gasteiger charge is -2.28. The first-order valence-corrected chi connectivity index (χ1v) is 6.44. The topological polar surface area (TPSA) is 113 Å². The van der Waals surface area contributed by atoms with Crippen molar-refractivity contribution in [2.45, 2.75) is 37.8 Å². The van der Waals surface area contributed by atoms with Crippen LogP contribution in [-0.2, 0) is 9.59 Å². The van der Waals surface area contributed by atoms with Crippen LogP contribution in [-0.4, -0.2) is 40.8 Å². The number of aliphatic hydroxyl groups is 1. The second kappa shape index (κ2) is 5.24. The first-order valence-electron chi connectivity index (χ1n) is 6.44. The summed E-state index contributed by atoms with van der Waals surface area (Å²) in [5.41, 5.74) is 6.03. The van der Waals surface area contributed by atoms with Gasteiger partial charge in [0.1, 0.15) is 6.04 Å². The molecule has 0 saturated heterocycles. The maximum atomic E-state index is 12.1. The Bertz CT molecular complexity index is 345. The molecule has 102 valence electrons. The van der Waals surface area contributed by atoms with Gasteiger partial charge < -0.3 is 21.3 Å². The highest BCUT2D eigenvalue weighted by molar-refractivity contribution is 5.86. The van der Waals surface area contributed by atoms with E-state index in [0.29, 0.717) is 11.8 Å². The van der Waals surface area contributed by atoms with Crippen LogP contribution in [0.4, 0.5) is 0 Å². The van der Waals surface area contributed by atoms with Gasteiger partial charge in [-0.05, 0) is 31.1 Å². The van der Waals surface area contributed by atoms with Crippen molar-refractivity contribution in [2.24, 2.45) is 23.5 Å². The zero-order valence-electron chi connectivity index (χ0n) is 10.2. The summed E-state index contributed by atoms with van der Waals surface area (Å²) >= 11 is 0. The first kappa shape index (κ1) is 13.3. The van der Waals surface area contributed by atoms with Crippen LogP contribution in [0.15, 0.2) is 0 Å². The quantitative estimate of drug-likeness (QED) is 0.520. The summed E-state index contributed by atoms with van der Waals surface area (Å²) in [6.07, 6.45) is 3.09. The Balaban J connectivity index is 1.97. The Kier molecular flexibility index (Phi) is 3.87. The average molecular weight is 256 g/mol. The van der Waals surface area contributed by atoms with Crippen molar-refractivity contribution in [3.05, 3.63) is 0 Å². The third kappa shape index (κ3) is 2.35. The summed E-state index contributed by atoms with van der Waals surface area (Å²) in [7, 11) is 0. The van der Waals surface area contributed by atoms with Crippen molar-refractivity contribution < 1.29 is 19.8 Å². The monoisotopic (exact) mass is 256 g/mol. The summed E-state index contributed by atoms with van der Waals surface area (Å²) < 4.78 is 0. The van der Waals surface area contributed by atoms with Gasteiger partial charge in [0, 0.05) is 19.1 Å². The molecule has 2 rings (SSSR count). The van der Waals surface area contributed by atoms with Crippen molar-refractivity contribution in [3.63, 3.8) is 0 Å². The van der Waals surface area contributed by atoms with Gasteiger partial charge in [-0.3, -0.25) is 4.79 Å². The Morgan fingerprint density at radius 3 is 2.50 bits per heavy atom. The molecule has 4 unspecified atom stereocenters. The van der Waals surface area contributed by atoms with Crippen LogP contribution in [0.1, 0.15) is 25.7 Å². The molecule has 2 fully saturated rings. The molecule has 0 aromatic carbocycles. The number of rotatable bonds is 5. The molecule has 6 nitrogen and oxygen atoms in total. The third-order valence-electron chi connectivity index (χ3n) is 4.32. The molecule has 0 aromatic rings. The van der Waals surface area contributed by atoms with E-state index in [1.807, 2.05) is 0 Å². The molecule has 0 spiro atoms. The number of carboxylic acids is 1. The molecule has 1 amide bonds. The molecule has 0 radical (unpaired) electrons. The minimum atomic E-state index is -1.12. The lowest BCUT2D eigenvalue weighted by molar-refractivity contribution is -0.143. The fourth-order valence-electron chi connectivity index (χ4n) is 3.38. The number of carbonyl (C=O) groups excluding carboxylic acids is 1. The number of amides is 1. The summed E-state index contributed by atoms with van der Waals surface area (Å²) in [5, 5.41) is 20.2. The minimum Gasteiger partial charge on any atom is -0.480 e. The van der Waals surface area contributed by atoms with Gasteiger partial charge in [0.25, 0.3) is 0 Å². The molecule has 18 heavy (non-hydrogen) atoms. The Morgan fingerprint density at radius 2 is 2.00 bits per heavy atom. The van der Waals surface area contributed by atoms with Crippen LogP contribution >= 0.6 is 0 Å². The number of nitrogens with two attached hydrogens (primary N) is 1. The van der Waals surface area contributed by atoms with Gasteiger partial charge in [0.15, 0.2) is 0 Å². The number of hydrogen-bond donors (Lipinski definition) is 4. The molecule has 5 N–H and O–H groups in total. The van der Waals surface area contributed by atoms with Gasteiger partial charge in [0.05, 0.1) is 5.92 Å². The zero-order chi connectivity index (χ0) is 13.3. The minimum absolute atomic E-state index is 0.0249. The number of carbonyl (C=O) groups is 2. The Labute approximate surface area is 106 Å². The standard InChI is InChI=1S/C12H20N2O4/c13-10-7-2-1-6(5-7)9(10)11(16)14-8(3-4-15)12(17)18/h6-10,15H,1-5,13H2,(H,14,16)(H,17,18)/t6?,7?,8-,9?,10?/m1/s1. The van der Waals surface area contributed by atoms with E-state index in [2.05, 4.69) is 5.32 Å². The van der Waals surface area contributed by atoms with Crippen LogP contribution < -0.4 is 11.1 Å². The van der Waals surface area contributed by atoms with E-state index < -0.39 is 12.0 Å². The predicted molar refractivity (Wildman–Crippen MR) is 63.6 cm³/mol. The maximum absolute atomic E-state index is 12.1. The van der Waals surface area contributed by atoms with Crippen LogP contribution in [0.5, 0.6) is 0 Å². The summed E-state index contributed by atoms with van der Waals surface area (Å²) in [4.78, 5) is 23.0. The Morgan fingerprint density at radius 1 is 1.33 bits per heavy atom. The number of aliphatic carboxylic acids is 1. The highest BCUT2D eigenvalue weighted by Gasteiger charge is 2.49. The van der Waals surface area contributed by atoms with Crippen LogP contribution in [0.25, 0.3) is 0 Å². The lowest BCUT2D eigenvalue weighted by Crippen LogP contribution is -2.50. The van der Waals surface area contributed by atoms with E-state index >= 15 is 0 Å². The number of fused-ring (bicyclic) bond motifs is 2. The van der Waals surface area contributed by atoms with E-state index in [4.69, 9.17) is 15.9 Å². The lowest BCUT2D eigenvalue weighted by atomic mass is 9.84. The van der Waals surface area contributed by atoms with Crippen molar-refractivity contribution in [2.75, 3.05) is 6.61 Å². The van der Waals surface area contributed by atoms with E-state index in [1.54, 1.807) is 0 Å². The third-order valence-corrected chi connectivity index (χ3v) is 4.32. The first-order chi connectivity index (χ1) is 8.54. The molecular formula is C12H20N2O4. The second-order valence-corrected chi connectivity index (χ2v) is 5.35. The number of aliphatic hydroxyl groups excluding tert-OH is 1. The molecule has 0 aliphatic heterocycles. The smallest absolute Gasteiger partial charge is 0.326 e. The van der Waals surface area contributed by atoms with Gasteiger partial charge in [-0.25, -0.2) is 4.79 Å². The van der Waals surface area contributed by atoms with Gasteiger partial charge >= 0.3 is 5.97 Å². The van der Waals surface area contributed by atoms with Crippen LogP contribution in [0.3, 0.4) is 0 Å². The summed E-state index contributed by atoms with van der Waals surface area (Å²) in [6.45, 7) is -0.264. The normalized spacial score (nSPS) is 35.4. The van der Waals surface area contributed by atoms with Gasteiger partial charge in [-0.1, -0.05) is 0 Å². The number of nitrogens with one attached hydrogen (secondary N) is 1. The molecule has 2 bridgehead atoms. The molecule has 6 heteroatoms. The van der Waals surface area contributed by atoms with E-state index in [1.165, 1.54) is 0 Å². The maximum Gasteiger partial charge on any atom is 0.326 e. The fourth-order valence-corrected chi connectivity index (χ4v) is 3.38. The average Bonchev–Trinajstić information content (AvgIpc) is 2.88. The fraction of sp³-hybridized carbons (Fsp3) is 0.833. The molecule has 5 atom stereocenters. The molecule has 0 heterocycles. The van der Waals surface area contributed by atoms with Crippen molar-refractivity contribution in [1.29, 1.82) is 0 Å². The van der Waals surface area contributed by atoms with E-state index in [9.17, 15) is 9.59 Å². The van der Waals surface area contributed by atoms with Crippen LogP contribution in [0.2, 0.25) is 0 Å². The van der Waals surface area contributed by atoms with E-state index in [0.717, 1.165) is 19.3 Å². The van der Waals surface area contributed by atoms with Gasteiger partial charge in [-0.15, -0.1) is 0 Å². The molecule has 0 aromatic heterocycles. The number of hydrogen-bond acceptors (Lipinski definition) is 4. The molecular weight excluding hydrogens is 236 g/mol. The summed E-state index contributed by atoms with van der Waals surface area (Å²) in [5.74, 6) is -0.936. The predicted octanol–water partition coefficient (Wildman–Crippen LogP) is -0.688. The van der Waals surface area contributed by atoms with Crippen molar-refractivity contribution in [3.8, 4) is 0 Å². The molecule has 2 aliphatic carbocycles. The highest BCUT2D eigenvalue weighted by atomic mass is 16.4. The Hall–Kier alpha value is -1.14. The SMILES string of the molecule is NC1C2CCC(C2)C1C(=O)N[C@H](CCO)C(=O)O. The van der Waals surface area contributed by atoms with E-state index in [-0.39, 0.29) is 30.9 Å². The molecule has 2 aliphatic rings. The van der Waals surface area contributed by atoms with Gasteiger partial charge in [-0.2, -0.15) is 0 Å². The number of carboxylic acid groups (broad SMARTS) is 1. The molecule has 2 saturated carbocycles.